The maximum Gasteiger partial charge on any atom is 0.135 e. The van der Waals surface area contributed by atoms with Crippen molar-refractivity contribution in [2.45, 2.75) is 13.8 Å². The molecule has 0 aliphatic heterocycles. The Hall–Kier alpha value is -4.82. The van der Waals surface area contributed by atoms with Crippen molar-refractivity contribution in [3.05, 3.63) is 120 Å². The van der Waals surface area contributed by atoms with Crippen LogP contribution in [-0.4, -0.2) is 0 Å². The number of fused-ring (bicyclic) bond motifs is 9. The zero-order valence-electron chi connectivity index (χ0n) is 21.2. The van der Waals surface area contributed by atoms with Gasteiger partial charge in [-0.1, -0.05) is 83.9 Å². The fraction of sp³-hybridized carbons (Fsp3) is 0.0556. The molecule has 0 N–H and O–H groups in total. The van der Waals surface area contributed by atoms with Gasteiger partial charge in [0, 0.05) is 21.9 Å². The second-order valence-corrected chi connectivity index (χ2v) is 10.3. The van der Waals surface area contributed by atoms with Crippen LogP contribution in [-0.2, 0) is 0 Å². The molecule has 0 unspecified atom stereocenters. The third kappa shape index (κ3) is 3.13. The molecular weight excluding hydrogens is 464 g/mol. The highest BCUT2D eigenvalue weighted by Crippen LogP contribution is 2.40. The molecule has 0 atom stereocenters. The third-order valence-electron chi connectivity index (χ3n) is 7.79. The first kappa shape index (κ1) is 21.3. The number of hydrogen-bond acceptors (Lipinski definition) is 2. The van der Waals surface area contributed by atoms with Crippen molar-refractivity contribution in [3.8, 4) is 22.6 Å². The second-order valence-electron chi connectivity index (χ2n) is 10.3. The van der Waals surface area contributed by atoms with Gasteiger partial charge >= 0.3 is 0 Å². The Bertz CT molecular complexity index is 2050. The molecule has 180 valence electrons. The number of rotatable bonds is 2. The van der Waals surface area contributed by atoms with E-state index in [2.05, 4.69) is 123 Å². The highest BCUT2D eigenvalue weighted by atomic mass is 16.3. The van der Waals surface area contributed by atoms with E-state index < -0.39 is 0 Å². The van der Waals surface area contributed by atoms with Crippen molar-refractivity contribution in [2.24, 2.45) is 0 Å². The van der Waals surface area contributed by atoms with E-state index in [0.717, 1.165) is 44.6 Å². The Morgan fingerprint density at radius 1 is 0.368 bits per heavy atom. The lowest BCUT2D eigenvalue weighted by Crippen LogP contribution is -1.82. The molecule has 0 aliphatic carbocycles. The van der Waals surface area contributed by atoms with Gasteiger partial charge in [-0.3, -0.25) is 0 Å². The van der Waals surface area contributed by atoms with Crippen molar-refractivity contribution < 1.29 is 8.83 Å². The molecule has 2 heterocycles. The average Bonchev–Trinajstić information content (AvgIpc) is 3.57. The van der Waals surface area contributed by atoms with E-state index in [1.54, 1.807) is 0 Å². The zero-order valence-corrected chi connectivity index (χ0v) is 21.2. The maximum atomic E-state index is 6.28. The summed E-state index contributed by atoms with van der Waals surface area (Å²) in [5.41, 5.74) is 6.49. The molecule has 2 aromatic heterocycles. The van der Waals surface area contributed by atoms with Gasteiger partial charge in [-0.25, -0.2) is 0 Å². The van der Waals surface area contributed by atoms with Gasteiger partial charge in [0.05, 0.1) is 0 Å². The molecule has 0 saturated heterocycles. The lowest BCUT2D eigenvalue weighted by molar-refractivity contribution is 0.631. The minimum Gasteiger partial charge on any atom is -0.456 e. The van der Waals surface area contributed by atoms with Crippen LogP contribution in [0.1, 0.15) is 11.1 Å². The lowest BCUT2D eigenvalue weighted by Gasteiger charge is -2.08. The summed E-state index contributed by atoms with van der Waals surface area (Å²) in [6.07, 6.45) is 0. The fourth-order valence-electron chi connectivity index (χ4n) is 5.96. The Morgan fingerprint density at radius 3 is 1.13 bits per heavy atom. The lowest BCUT2D eigenvalue weighted by atomic mass is 9.94. The van der Waals surface area contributed by atoms with Crippen LogP contribution in [0, 0.1) is 13.8 Å². The average molecular weight is 489 g/mol. The smallest absolute Gasteiger partial charge is 0.135 e. The minimum absolute atomic E-state index is 0.904. The monoisotopic (exact) mass is 488 g/mol. The second kappa shape index (κ2) is 7.84. The van der Waals surface area contributed by atoms with Gasteiger partial charge in [0.1, 0.15) is 22.7 Å². The van der Waals surface area contributed by atoms with E-state index in [4.69, 9.17) is 8.83 Å². The molecule has 0 bridgehead atoms. The molecule has 6 aromatic carbocycles. The first-order valence-electron chi connectivity index (χ1n) is 13.0. The van der Waals surface area contributed by atoms with Crippen LogP contribution in [0.15, 0.2) is 118 Å². The quantitative estimate of drug-likeness (QED) is 0.226. The van der Waals surface area contributed by atoms with Crippen LogP contribution >= 0.6 is 0 Å². The van der Waals surface area contributed by atoms with Crippen LogP contribution < -0.4 is 0 Å². The van der Waals surface area contributed by atoms with E-state index in [1.165, 1.54) is 43.4 Å². The molecule has 0 radical (unpaired) electrons. The molecule has 0 fully saturated rings. The van der Waals surface area contributed by atoms with Crippen LogP contribution in [0.5, 0.6) is 0 Å². The molecule has 0 amide bonds. The summed E-state index contributed by atoms with van der Waals surface area (Å²) >= 11 is 0. The number of aryl methyl sites for hydroxylation is 2. The third-order valence-corrected chi connectivity index (χ3v) is 7.79. The van der Waals surface area contributed by atoms with E-state index in [0.29, 0.717) is 0 Å². The molecule has 2 heteroatoms. The molecule has 0 aliphatic rings. The highest BCUT2D eigenvalue weighted by Gasteiger charge is 2.14. The summed E-state index contributed by atoms with van der Waals surface area (Å²) in [4.78, 5) is 0. The maximum absolute atomic E-state index is 6.28. The molecule has 8 aromatic rings. The van der Waals surface area contributed by atoms with Crippen molar-refractivity contribution in [2.75, 3.05) is 0 Å². The molecule has 8 rings (SSSR count). The highest BCUT2D eigenvalue weighted by molar-refractivity contribution is 6.24. The number of furan rings is 2. The van der Waals surface area contributed by atoms with Gasteiger partial charge in [0.25, 0.3) is 0 Å². The molecule has 38 heavy (non-hydrogen) atoms. The van der Waals surface area contributed by atoms with Gasteiger partial charge in [0.15, 0.2) is 0 Å². The Morgan fingerprint density at radius 2 is 0.737 bits per heavy atom. The Balaban J connectivity index is 1.33. The zero-order chi connectivity index (χ0) is 25.4. The van der Waals surface area contributed by atoms with E-state index in [-0.39, 0.29) is 0 Å². The molecule has 0 saturated carbocycles. The normalized spacial score (nSPS) is 11.9. The van der Waals surface area contributed by atoms with Gasteiger partial charge in [-0.2, -0.15) is 0 Å². The van der Waals surface area contributed by atoms with Crippen molar-refractivity contribution in [3.63, 3.8) is 0 Å². The number of hydrogen-bond donors (Lipinski definition) is 0. The Labute approximate surface area is 219 Å². The summed E-state index contributed by atoms with van der Waals surface area (Å²) in [5.74, 6) is 1.81. The van der Waals surface area contributed by atoms with Gasteiger partial charge in [0.2, 0.25) is 0 Å². The summed E-state index contributed by atoms with van der Waals surface area (Å²) < 4.78 is 12.6. The van der Waals surface area contributed by atoms with Crippen LogP contribution in [0.3, 0.4) is 0 Å². The Kier molecular flexibility index (Phi) is 4.39. The predicted molar refractivity (Wildman–Crippen MR) is 159 cm³/mol. The van der Waals surface area contributed by atoms with E-state index in [9.17, 15) is 0 Å². The van der Waals surface area contributed by atoms with Crippen LogP contribution in [0.25, 0.3) is 76.9 Å². The summed E-state index contributed by atoms with van der Waals surface area (Å²) in [7, 11) is 0. The van der Waals surface area contributed by atoms with Crippen LogP contribution in [0.2, 0.25) is 0 Å². The number of benzene rings is 6. The van der Waals surface area contributed by atoms with Crippen molar-refractivity contribution >= 4 is 54.3 Å². The molecular formula is C36H24O2. The fourth-order valence-corrected chi connectivity index (χ4v) is 5.96. The van der Waals surface area contributed by atoms with Gasteiger partial charge in [-0.15, -0.1) is 0 Å². The largest absolute Gasteiger partial charge is 0.456 e. The first-order valence-corrected chi connectivity index (χ1v) is 13.0. The van der Waals surface area contributed by atoms with Crippen LogP contribution in [0.4, 0.5) is 0 Å². The molecule has 2 nitrogen and oxygen atoms in total. The summed E-state index contributed by atoms with van der Waals surface area (Å²) in [6.45, 7) is 4.22. The van der Waals surface area contributed by atoms with Gasteiger partial charge in [-0.05, 0) is 82.6 Å². The van der Waals surface area contributed by atoms with Crippen molar-refractivity contribution in [1.29, 1.82) is 0 Å². The van der Waals surface area contributed by atoms with Crippen molar-refractivity contribution in [1.82, 2.24) is 0 Å². The SMILES string of the molecule is Cc1cccc(-c2cc3c(ccc4c3ccc3c5ccc6oc(-c7cccc(C)c7)cc6c5ccc43)o2)c1. The standard InChI is InChI=1S/C36H24O2/c1-21-5-3-7-23(17-21)35-19-31-29-11-9-26-25(27(29)13-15-33(31)37-35)10-12-30-28(26)14-16-34-32(30)20-36(38-34)24-8-4-6-22(2)18-24/h3-20H,1-2H3. The van der Waals surface area contributed by atoms with E-state index in [1.807, 2.05) is 0 Å². The predicted octanol–water partition coefficient (Wildman–Crippen LogP) is 10.6. The summed E-state index contributed by atoms with van der Waals surface area (Å²) in [6, 6.07) is 38.9. The minimum atomic E-state index is 0.904. The van der Waals surface area contributed by atoms with E-state index >= 15 is 0 Å². The topological polar surface area (TPSA) is 26.3 Å². The molecule has 0 spiro atoms. The first-order chi connectivity index (χ1) is 18.6. The van der Waals surface area contributed by atoms with Gasteiger partial charge < -0.3 is 8.83 Å². The summed E-state index contributed by atoms with van der Waals surface area (Å²) in [5, 5.41) is 9.69.